The van der Waals surface area contributed by atoms with Crippen molar-refractivity contribution in [3.63, 3.8) is 0 Å². The molecule has 0 rings (SSSR count). The molecule has 0 aromatic carbocycles. The summed E-state index contributed by atoms with van der Waals surface area (Å²) in [5.41, 5.74) is 0. The first-order chi connectivity index (χ1) is 38.5. The topological polar surface area (TPSA) is 78.9 Å². The predicted molar refractivity (Wildman–Crippen MR) is 339 cm³/mol. The highest BCUT2D eigenvalue weighted by Crippen LogP contribution is 2.16. The lowest BCUT2D eigenvalue weighted by atomic mass is 10.0. The number of carbonyl (C=O) groups is 3. The molecule has 1 unspecified atom stereocenters. The number of allylic oxidation sites excluding steroid dienone is 22. The highest BCUT2D eigenvalue weighted by atomic mass is 16.6. The van der Waals surface area contributed by atoms with E-state index < -0.39 is 6.10 Å². The van der Waals surface area contributed by atoms with Crippen molar-refractivity contribution < 1.29 is 28.6 Å². The van der Waals surface area contributed by atoms with Crippen molar-refractivity contribution in [1.82, 2.24) is 0 Å². The molecule has 0 heterocycles. The molecular formula is C72H118O6. The van der Waals surface area contributed by atoms with E-state index >= 15 is 0 Å². The molecule has 0 N–H and O–H groups in total. The summed E-state index contributed by atoms with van der Waals surface area (Å²) in [6.45, 7) is 6.39. The maximum atomic E-state index is 12.9. The van der Waals surface area contributed by atoms with E-state index in [1.807, 2.05) is 0 Å². The molecule has 0 saturated heterocycles. The summed E-state index contributed by atoms with van der Waals surface area (Å²) in [5.74, 6) is -0.932. The lowest BCUT2D eigenvalue weighted by molar-refractivity contribution is -0.167. The van der Waals surface area contributed by atoms with E-state index in [1.165, 1.54) is 103 Å². The first-order valence-electron chi connectivity index (χ1n) is 32.2. The molecule has 0 spiro atoms. The van der Waals surface area contributed by atoms with Gasteiger partial charge in [-0.3, -0.25) is 14.4 Å². The van der Waals surface area contributed by atoms with E-state index in [1.54, 1.807) is 0 Å². The van der Waals surface area contributed by atoms with Crippen molar-refractivity contribution in [2.45, 2.75) is 290 Å². The number of hydrogen-bond donors (Lipinski definition) is 0. The van der Waals surface area contributed by atoms with Crippen LogP contribution in [0.15, 0.2) is 134 Å². The lowest BCUT2D eigenvalue weighted by Gasteiger charge is -2.18. The number of esters is 3. The normalized spacial score (nSPS) is 13.0. The number of rotatable bonds is 57. The first-order valence-corrected chi connectivity index (χ1v) is 32.2. The van der Waals surface area contributed by atoms with Gasteiger partial charge < -0.3 is 14.2 Å². The Kier molecular flexibility index (Phi) is 61.4. The van der Waals surface area contributed by atoms with Crippen LogP contribution in [0.25, 0.3) is 0 Å². The van der Waals surface area contributed by atoms with Crippen LogP contribution in [0.2, 0.25) is 0 Å². The minimum atomic E-state index is -0.803. The van der Waals surface area contributed by atoms with Gasteiger partial charge in [0.1, 0.15) is 13.2 Å². The Morgan fingerprint density at radius 2 is 0.500 bits per heavy atom. The second kappa shape index (κ2) is 65.1. The minimum absolute atomic E-state index is 0.0953. The molecule has 0 aliphatic carbocycles. The van der Waals surface area contributed by atoms with Gasteiger partial charge in [0.25, 0.3) is 0 Å². The molecule has 0 radical (unpaired) electrons. The van der Waals surface area contributed by atoms with Gasteiger partial charge in [-0.2, -0.15) is 0 Å². The first kappa shape index (κ1) is 73.5. The maximum absolute atomic E-state index is 12.9. The predicted octanol–water partition coefficient (Wildman–Crippen LogP) is 22.2. The van der Waals surface area contributed by atoms with Crippen LogP contribution in [-0.4, -0.2) is 37.2 Å². The van der Waals surface area contributed by atoms with E-state index in [2.05, 4.69) is 154 Å². The van der Waals surface area contributed by atoms with Crippen LogP contribution in [0.3, 0.4) is 0 Å². The molecule has 0 aliphatic rings. The molecule has 0 saturated carbocycles. The van der Waals surface area contributed by atoms with Gasteiger partial charge in [0.05, 0.1) is 0 Å². The zero-order chi connectivity index (χ0) is 56.4. The van der Waals surface area contributed by atoms with E-state index in [0.29, 0.717) is 12.8 Å². The monoisotopic (exact) mass is 1080 g/mol. The molecular weight excluding hydrogens is 961 g/mol. The molecule has 1 atom stereocenters. The third-order valence-electron chi connectivity index (χ3n) is 13.4. The van der Waals surface area contributed by atoms with Crippen LogP contribution in [0.1, 0.15) is 284 Å². The van der Waals surface area contributed by atoms with Gasteiger partial charge in [-0.1, -0.05) is 283 Å². The fourth-order valence-corrected chi connectivity index (χ4v) is 8.65. The molecule has 0 aromatic heterocycles. The average molecular weight is 1080 g/mol. The minimum Gasteiger partial charge on any atom is -0.462 e. The van der Waals surface area contributed by atoms with Crippen molar-refractivity contribution in [2.24, 2.45) is 0 Å². The van der Waals surface area contributed by atoms with Crippen LogP contribution in [0.5, 0.6) is 0 Å². The van der Waals surface area contributed by atoms with E-state index in [-0.39, 0.29) is 37.5 Å². The summed E-state index contributed by atoms with van der Waals surface area (Å²) in [4.78, 5) is 38.3. The fourth-order valence-electron chi connectivity index (χ4n) is 8.65. The zero-order valence-electron chi connectivity index (χ0n) is 50.6. The molecule has 78 heavy (non-hydrogen) atoms. The second-order valence-electron chi connectivity index (χ2n) is 20.9. The molecule has 6 nitrogen and oxygen atoms in total. The van der Waals surface area contributed by atoms with E-state index in [0.717, 1.165) is 141 Å². The van der Waals surface area contributed by atoms with Crippen LogP contribution < -0.4 is 0 Å². The lowest BCUT2D eigenvalue weighted by Crippen LogP contribution is -2.30. The smallest absolute Gasteiger partial charge is 0.306 e. The summed E-state index contributed by atoms with van der Waals surface area (Å²) >= 11 is 0. The Labute approximate surface area is 481 Å². The second-order valence-corrected chi connectivity index (χ2v) is 20.9. The third-order valence-corrected chi connectivity index (χ3v) is 13.4. The number of carbonyl (C=O) groups excluding carboxylic acids is 3. The largest absolute Gasteiger partial charge is 0.462 e. The van der Waals surface area contributed by atoms with Crippen molar-refractivity contribution in [3.05, 3.63) is 134 Å². The Hall–Kier alpha value is -4.45. The Bertz CT molecular complexity index is 1670. The Balaban J connectivity index is 4.41. The van der Waals surface area contributed by atoms with E-state index in [4.69, 9.17) is 14.2 Å². The molecule has 0 aliphatic heterocycles. The van der Waals surface area contributed by atoms with Crippen LogP contribution >= 0.6 is 0 Å². The maximum Gasteiger partial charge on any atom is 0.306 e. The SMILES string of the molecule is CC/C=C\C/C=C\C/C=C\C/C=C\C/C=C\C/C=C\CCCCCCCCCCC(=O)OCC(COC(=O)CCCCCCCCCCCCCCCC)OC(=O)CCCCC/C=C\C/C=C\C/C=C\C/C=C\C/C=C\CC. The highest BCUT2D eigenvalue weighted by Gasteiger charge is 2.19. The zero-order valence-corrected chi connectivity index (χ0v) is 50.6. The molecule has 0 aromatic rings. The Morgan fingerprint density at radius 3 is 0.795 bits per heavy atom. The summed E-state index contributed by atoms with van der Waals surface area (Å²) < 4.78 is 16.9. The van der Waals surface area contributed by atoms with Crippen molar-refractivity contribution in [2.75, 3.05) is 13.2 Å². The number of ether oxygens (including phenoxy) is 3. The van der Waals surface area contributed by atoms with Gasteiger partial charge in [-0.15, -0.1) is 0 Å². The van der Waals surface area contributed by atoms with Gasteiger partial charge in [-0.25, -0.2) is 0 Å². The standard InChI is InChI=1S/C72H118O6/c1-4-7-10-13-16-19-22-25-28-30-32-33-34-35-36-37-38-39-41-42-44-47-50-53-56-59-62-65-71(74)77-68-69(67-76-70(73)64-61-58-55-52-49-46-27-24-21-18-15-12-9-6-3)78-72(75)66-63-60-57-54-51-48-45-43-40-31-29-26-23-20-17-14-11-8-5-2/h7-8,10-11,16-17,19-20,25-26,28-29,32-33,35-36,38-40,43,48,51,69H,4-6,9,12-15,18,21-24,27,30-31,34,37,41-42,44-47,49-50,52-68H2,1-3H3/b10-7-,11-8-,19-16-,20-17-,28-25-,29-26-,33-32-,36-35-,39-38-,43-40-,51-48-. The van der Waals surface area contributed by atoms with Crippen molar-refractivity contribution in [1.29, 1.82) is 0 Å². The fraction of sp³-hybridized carbons (Fsp3) is 0.653. The van der Waals surface area contributed by atoms with Gasteiger partial charge in [0, 0.05) is 19.3 Å². The molecule has 0 fully saturated rings. The van der Waals surface area contributed by atoms with Gasteiger partial charge in [0.2, 0.25) is 0 Å². The van der Waals surface area contributed by atoms with Crippen molar-refractivity contribution in [3.8, 4) is 0 Å². The summed E-state index contributed by atoms with van der Waals surface area (Å²) in [6.07, 6.45) is 91.6. The van der Waals surface area contributed by atoms with Crippen molar-refractivity contribution >= 4 is 17.9 Å². The summed E-state index contributed by atoms with van der Waals surface area (Å²) in [5, 5.41) is 0. The van der Waals surface area contributed by atoms with Crippen LogP contribution in [-0.2, 0) is 28.6 Å². The molecule has 0 bridgehead atoms. The molecule has 6 heteroatoms. The quantitative estimate of drug-likeness (QED) is 0.0261. The summed E-state index contributed by atoms with van der Waals surface area (Å²) in [7, 11) is 0. The van der Waals surface area contributed by atoms with Crippen LogP contribution in [0, 0.1) is 0 Å². The van der Waals surface area contributed by atoms with E-state index in [9.17, 15) is 14.4 Å². The average Bonchev–Trinajstić information content (AvgIpc) is 3.44. The highest BCUT2D eigenvalue weighted by molar-refractivity contribution is 5.71. The summed E-state index contributed by atoms with van der Waals surface area (Å²) in [6, 6.07) is 0. The van der Waals surface area contributed by atoms with Gasteiger partial charge in [0.15, 0.2) is 6.10 Å². The Morgan fingerprint density at radius 1 is 0.269 bits per heavy atom. The van der Waals surface area contributed by atoms with Gasteiger partial charge in [-0.05, 0) is 116 Å². The number of unbranched alkanes of at least 4 members (excludes halogenated alkanes) is 24. The molecule has 0 amide bonds. The third kappa shape index (κ3) is 62.4. The van der Waals surface area contributed by atoms with Crippen LogP contribution in [0.4, 0.5) is 0 Å². The van der Waals surface area contributed by atoms with Gasteiger partial charge >= 0.3 is 17.9 Å². The molecule has 442 valence electrons. The number of hydrogen-bond acceptors (Lipinski definition) is 6.